The zero-order chi connectivity index (χ0) is 16.0. The van der Waals surface area contributed by atoms with Crippen LogP contribution < -0.4 is 4.90 Å². The summed E-state index contributed by atoms with van der Waals surface area (Å²) >= 11 is 0. The van der Waals surface area contributed by atoms with Gasteiger partial charge in [0.2, 0.25) is 0 Å². The van der Waals surface area contributed by atoms with Crippen LogP contribution in [0.5, 0.6) is 0 Å². The molecule has 5 nitrogen and oxygen atoms in total. The topological polar surface area (TPSA) is 65.7 Å². The summed E-state index contributed by atoms with van der Waals surface area (Å²) in [5.41, 5.74) is 6.29. The van der Waals surface area contributed by atoms with E-state index in [1.54, 1.807) is 0 Å². The molecule has 4 rings (SSSR count). The van der Waals surface area contributed by atoms with E-state index in [0.717, 1.165) is 42.4 Å². The van der Waals surface area contributed by atoms with Gasteiger partial charge in [-0.2, -0.15) is 5.26 Å². The molecule has 2 aromatic rings. The first-order valence-corrected chi connectivity index (χ1v) is 8.14. The van der Waals surface area contributed by atoms with E-state index in [-0.39, 0.29) is 0 Å². The molecule has 116 valence electrons. The van der Waals surface area contributed by atoms with Gasteiger partial charge in [0.15, 0.2) is 11.5 Å². The molecule has 5 heteroatoms. The Hall–Kier alpha value is -2.48. The van der Waals surface area contributed by atoms with E-state index < -0.39 is 0 Å². The molecule has 0 saturated heterocycles. The summed E-state index contributed by atoms with van der Waals surface area (Å²) in [5.74, 6) is 1.62. The first-order chi connectivity index (χ1) is 11.2. The van der Waals surface area contributed by atoms with Crippen molar-refractivity contribution >= 4 is 5.82 Å². The summed E-state index contributed by atoms with van der Waals surface area (Å²) in [7, 11) is 0. The average molecular weight is 305 g/mol. The smallest absolute Gasteiger partial charge is 0.166 e. The van der Waals surface area contributed by atoms with Crippen LogP contribution in [0, 0.1) is 25.2 Å². The van der Waals surface area contributed by atoms with Crippen LogP contribution in [0.1, 0.15) is 52.4 Å². The van der Waals surface area contributed by atoms with Crippen LogP contribution >= 0.6 is 0 Å². The molecule has 0 aromatic carbocycles. The molecular formula is C18H19N5. The van der Waals surface area contributed by atoms with Gasteiger partial charge in [-0.3, -0.25) is 4.98 Å². The number of nitriles is 1. The fourth-order valence-electron chi connectivity index (χ4n) is 3.26. The lowest BCUT2D eigenvalue weighted by atomic mass is 10.0. The Morgan fingerprint density at radius 1 is 1.22 bits per heavy atom. The van der Waals surface area contributed by atoms with Gasteiger partial charge in [-0.05, 0) is 54.9 Å². The predicted molar refractivity (Wildman–Crippen MR) is 87.2 cm³/mol. The van der Waals surface area contributed by atoms with Crippen molar-refractivity contribution in [3.05, 3.63) is 45.9 Å². The molecule has 0 radical (unpaired) electrons. The normalized spacial score (nSPS) is 16.8. The van der Waals surface area contributed by atoms with Crippen molar-refractivity contribution in [2.24, 2.45) is 0 Å². The van der Waals surface area contributed by atoms with Crippen LogP contribution in [0.2, 0.25) is 0 Å². The van der Waals surface area contributed by atoms with Crippen LogP contribution in [0.25, 0.3) is 0 Å². The van der Waals surface area contributed by atoms with Gasteiger partial charge < -0.3 is 4.90 Å². The zero-order valence-electron chi connectivity index (χ0n) is 13.5. The zero-order valence-corrected chi connectivity index (χ0v) is 13.5. The predicted octanol–water partition coefficient (Wildman–Crippen LogP) is 2.80. The molecule has 1 aliphatic heterocycles. The van der Waals surface area contributed by atoms with E-state index in [1.807, 2.05) is 13.8 Å². The van der Waals surface area contributed by atoms with Gasteiger partial charge in [0.05, 0.1) is 0 Å². The molecule has 0 unspecified atom stereocenters. The van der Waals surface area contributed by atoms with Crippen LogP contribution in [0.15, 0.2) is 12.3 Å². The number of nitrogens with zero attached hydrogens (tertiary/aromatic N) is 5. The Morgan fingerprint density at radius 2 is 2.04 bits per heavy atom. The third-order valence-corrected chi connectivity index (χ3v) is 5.01. The maximum Gasteiger partial charge on any atom is 0.166 e. The van der Waals surface area contributed by atoms with Crippen LogP contribution in [-0.4, -0.2) is 21.7 Å². The Bertz CT molecular complexity index is 817. The van der Waals surface area contributed by atoms with E-state index in [2.05, 4.69) is 38.4 Å². The first kappa shape index (κ1) is 14.1. The molecule has 0 bridgehead atoms. The molecule has 3 heterocycles. The van der Waals surface area contributed by atoms with E-state index in [1.165, 1.54) is 29.7 Å². The summed E-state index contributed by atoms with van der Waals surface area (Å²) in [4.78, 5) is 6.93. The van der Waals surface area contributed by atoms with E-state index >= 15 is 0 Å². The second kappa shape index (κ2) is 5.31. The summed E-state index contributed by atoms with van der Waals surface area (Å²) in [6, 6.07) is 4.43. The van der Waals surface area contributed by atoms with Gasteiger partial charge in [-0.25, -0.2) is 0 Å². The number of fused-ring (bicyclic) bond motifs is 1. The largest absolute Gasteiger partial charge is 0.350 e. The lowest BCUT2D eigenvalue weighted by Gasteiger charge is -2.30. The average Bonchev–Trinajstić information content (AvgIpc) is 3.41. The lowest BCUT2D eigenvalue weighted by Crippen LogP contribution is -2.32. The van der Waals surface area contributed by atoms with Crippen molar-refractivity contribution in [2.45, 2.75) is 45.6 Å². The van der Waals surface area contributed by atoms with Gasteiger partial charge in [-0.15, -0.1) is 10.2 Å². The number of pyridine rings is 1. The highest BCUT2D eigenvalue weighted by Crippen LogP contribution is 2.40. The van der Waals surface area contributed by atoms with Crippen LogP contribution in [-0.2, 0) is 13.0 Å². The first-order valence-electron chi connectivity index (χ1n) is 8.14. The highest BCUT2D eigenvalue weighted by atomic mass is 15.3. The quantitative estimate of drug-likeness (QED) is 0.853. The molecule has 1 saturated carbocycles. The highest BCUT2D eigenvalue weighted by Gasteiger charge is 2.27. The van der Waals surface area contributed by atoms with Gasteiger partial charge >= 0.3 is 0 Å². The number of rotatable bonds is 2. The van der Waals surface area contributed by atoms with Crippen molar-refractivity contribution in [1.82, 2.24) is 15.2 Å². The van der Waals surface area contributed by atoms with E-state index in [4.69, 9.17) is 5.26 Å². The van der Waals surface area contributed by atoms with E-state index in [9.17, 15) is 0 Å². The van der Waals surface area contributed by atoms with Crippen molar-refractivity contribution in [1.29, 1.82) is 5.26 Å². The second-order valence-corrected chi connectivity index (χ2v) is 6.55. The third-order valence-electron chi connectivity index (χ3n) is 5.01. The number of aromatic nitrogens is 3. The van der Waals surface area contributed by atoms with E-state index in [0.29, 0.717) is 5.69 Å². The van der Waals surface area contributed by atoms with Gasteiger partial charge in [0, 0.05) is 31.4 Å². The molecule has 0 amide bonds. The maximum absolute atomic E-state index is 9.09. The molecule has 0 N–H and O–H groups in total. The third kappa shape index (κ3) is 2.44. The minimum absolute atomic E-state index is 0.418. The minimum atomic E-state index is 0.418. The summed E-state index contributed by atoms with van der Waals surface area (Å²) in [6.07, 6.45) is 5.58. The Labute approximate surface area is 136 Å². The van der Waals surface area contributed by atoms with Crippen molar-refractivity contribution < 1.29 is 0 Å². The van der Waals surface area contributed by atoms with Crippen molar-refractivity contribution in [3.63, 3.8) is 0 Å². The van der Waals surface area contributed by atoms with Crippen molar-refractivity contribution in [2.75, 3.05) is 11.4 Å². The number of anilines is 1. The minimum Gasteiger partial charge on any atom is -0.350 e. The standard InChI is InChI=1S/C18H19N5/c1-11-12(2)18(22-21-17(11)8-19)23-6-5-16-15(10-23)7-14(9-20-16)13-3-4-13/h7,9,13H,3-6,10H2,1-2H3. The van der Waals surface area contributed by atoms with Crippen molar-refractivity contribution in [3.8, 4) is 6.07 Å². The van der Waals surface area contributed by atoms with Gasteiger partial charge in [-0.1, -0.05) is 6.07 Å². The van der Waals surface area contributed by atoms with Crippen LogP contribution in [0.4, 0.5) is 5.82 Å². The Kier molecular flexibility index (Phi) is 3.26. The maximum atomic E-state index is 9.09. The summed E-state index contributed by atoms with van der Waals surface area (Å²) in [6.45, 7) is 5.68. The fraction of sp³-hybridized carbons (Fsp3) is 0.444. The monoisotopic (exact) mass is 305 g/mol. The second-order valence-electron chi connectivity index (χ2n) is 6.55. The van der Waals surface area contributed by atoms with Gasteiger partial charge in [0.25, 0.3) is 0 Å². The molecule has 2 aliphatic rings. The molecule has 0 spiro atoms. The molecule has 1 fully saturated rings. The highest BCUT2D eigenvalue weighted by molar-refractivity contribution is 5.53. The molecule has 23 heavy (non-hydrogen) atoms. The molecule has 2 aromatic heterocycles. The number of hydrogen-bond donors (Lipinski definition) is 0. The number of hydrogen-bond acceptors (Lipinski definition) is 5. The molecule has 0 atom stereocenters. The Balaban J connectivity index is 1.66. The lowest BCUT2D eigenvalue weighted by molar-refractivity contribution is 0.689. The van der Waals surface area contributed by atoms with Gasteiger partial charge in [0.1, 0.15) is 6.07 Å². The Morgan fingerprint density at radius 3 is 2.78 bits per heavy atom. The molecular weight excluding hydrogens is 286 g/mol. The summed E-state index contributed by atoms with van der Waals surface area (Å²) in [5, 5.41) is 17.5. The SMILES string of the molecule is Cc1c(C#N)nnc(N2CCc3ncc(C4CC4)cc3C2)c1C. The summed E-state index contributed by atoms with van der Waals surface area (Å²) < 4.78 is 0. The molecule has 1 aliphatic carbocycles. The fourth-order valence-corrected chi connectivity index (χ4v) is 3.26. The van der Waals surface area contributed by atoms with Crippen LogP contribution in [0.3, 0.4) is 0 Å².